The van der Waals surface area contributed by atoms with Crippen LogP contribution in [-0.2, 0) is 20.1 Å². The van der Waals surface area contributed by atoms with Crippen molar-refractivity contribution in [3.8, 4) is 0 Å². The van der Waals surface area contributed by atoms with Crippen molar-refractivity contribution in [3.05, 3.63) is 109 Å². The molecule has 2 aromatic heterocycles. The number of pyridine rings is 2. The van der Waals surface area contributed by atoms with E-state index in [4.69, 9.17) is 11.1 Å². The van der Waals surface area contributed by atoms with Gasteiger partial charge in [0.25, 0.3) is 0 Å². The molecule has 2 heterocycles. The molecular formula is C28H24IrN4+3. The van der Waals surface area contributed by atoms with Gasteiger partial charge in [-0.3, -0.25) is 15.4 Å². The number of benzene rings is 4. The molecule has 0 fully saturated rings. The van der Waals surface area contributed by atoms with Crippen LogP contribution in [-0.4, -0.2) is 15.8 Å². The summed E-state index contributed by atoms with van der Waals surface area (Å²) in [5.41, 5.74) is 6.87. The molecule has 0 atom stereocenters. The molecule has 6 aromatic rings. The third-order valence-electron chi connectivity index (χ3n) is 4.99. The number of aromatic nitrogens is 2. The van der Waals surface area contributed by atoms with Gasteiger partial charge in [-0.05, 0) is 29.8 Å². The van der Waals surface area contributed by atoms with Gasteiger partial charge in [0.1, 0.15) is 0 Å². The molecule has 162 valence electrons. The standard InChI is InChI=1S/2C13H9N.C2H6N2.Ir/c2*1-2-6-12-10(4-1)7-8-11-5-3-9-14-13(11)12;1-2(3)4;/h2*1-9H;1H3,(H3,3,4);/q;;;+3. The summed E-state index contributed by atoms with van der Waals surface area (Å²) in [5.74, 6) is 0.167. The van der Waals surface area contributed by atoms with E-state index in [1.807, 2.05) is 24.5 Å². The van der Waals surface area contributed by atoms with Gasteiger partial charge in [-0.2, -0.15) is 0 Å². The van der Waals surface area contributed by atoms with Gasteiger partial charge >= 0.3 is 20.1 Å². The minimum atomic E-state index is 0. The van der Waals surface area contributed by atoms with E-state index >= 15 is 0 Å². The van der Waals surface area contributed by atoms with Crippen LogP contribution in [0, 0.1) is 5.41 Å². The molecule has 0 radical (unpaired) electrons. The Morgan fingerprint density at radius 1 is 0.576 bits per heavy atom. The normalized spacial score (nSPS) is 9.97. The van der Waals surface area contributed by atoms with Gasteiger partial charge in [-0.15, -0.1) is 0 Å². The molecule has 33 heavy (non-hydrogen) atoms. The zero-order valence-electron chi connectivity index (χ0n) is 18.2. The summed E-state index contributed by atoms with van der Waals surface area (Å²) in [6.45, 7) is 1.53. The summed E-state index contributed by atoms with van der Waals surface area (Å²) in [6, 6.07) is 33.3. The topological polar surface area (TPSA) is 75.7 Å². The number of nitrogens with one attached hydrogen (secondary N) is 1. The van der Waals surface area contributed by atoms with Crippen molar-refractivity contribution in [3.63, 3.8) is 0 Å². The van der Waals surface area contributed by atoms with Crippen LogP contribution in [0.4, 0.5) is 0 Å². The van der Waals surface area contributed by atoms with Gasteiger partial charge in [-0.25, -0.2) is 0 Å². The quantitative estimate of drug-likeness (QED) is 0.114. The van der Waals surface area contributed by atoms with Crippen LogP contribution in [0.15, 0.2) is 109 Å². The molecular weight excluding hydrogens is 585 g/mol. The molecule has 3 N–H and O–H groups in total. The molecule has 0 unspecified atom stereocenters. The fourth-order valence-electron chi connectivity index (χ4n) is 3.63. The van der Waals surface area contributed by atoms with E-state index in [1.165, 1.54) is 39.2 Å². The van der Waals surface area contributed by atoms with Gasteiger partial charge in [-0.1, -0.05) is 84.9 Å². The molecule has 0 bridgehead atoms. The summed E-state index contributed by atoms with van der Waals surface area (Å²) in [6.07, 6.45) is 3.68. The van der Waals surface area contributed by atoms with E-state index in [9.17, 15) is 0 Å². The van der Waals surface area contributed by atoms with E-state index in [2.05, 4.69) is 94.9 Å². The minimum Gasteiger partial charge on any atom is -0.388 e. The number of amidine groups is 1. The fraction of sp³-hybridized carbons (Fsp3) is 0.0357. The zero-order chi connectivity index (χ0) is 22.3. The molecule has 0 aliphatic rings. The molecule has 4 aromatic carbocycles. The number of rotatable bonds is 0. The maximum absolute atomic E-state index is 6.28. The first kappa shape index (κ1) is 24.0. The smallest absolute Gasteiger partial charge is 0.388 e. The van der Waals surface area contributed by atoms with Crippen molar-refractivity contribution in [2.24, 2.45) is 5.73 Å². The number of nitrogens with two attached hydrogens (primary N) is 1. The second-order valence-corrected chi connectivity index (χ2v) is 7.41. The largest absolute Gasteiger partial charge is 3.00 e. The molecule has 0 aliphatic carbocycles. The zero-order valence-corrected chi connectivity index (χ0v) is 20.6. The maximum atomic E-state index is 6.28. The predicted octanol–water partition coefficient (Wildman–Crippen LogP) is 6.72. The molecule has 0 aliphatic heterocycles. The number of fused-ring (bicyclic) bond motifs is 6. The van der Waals surface area contributed by atoms with E-state index in [-0.39, 0.29) is 25.9 Å². The fourth-order valence-corrected chi connectivity index (χ4v) is 3.63. The van der Waals surface area contributed by atoms with Gasteiger partial charge < -0.3 is 5.73 Å². The Morgan fingerprint density at radius 2 is 0.909 bits per heavy atom. The van der Waals surface area contributed by atoms with E-state index in [0.29, 0.717) is 0 Å². The first-order valence-corrected chi connectivity index (χ1v) is 10.4. The maximum Gasteiger partial charge on any atom is 3.00 e. The second-order valence-electron chi connectivity index (χ2n) is 7.41. The Bertz CT molecular complexity index is 1300. The van der Waals surface area contributed by atoms with Crippen molar-refractivity contribution in [2.45, 2.75) is 6.92 Å². The van der Waals surface area contributed by atoms with Crippen molar-refractivity contribution in [2.75, 3.05) is 0 Å². The average Bonchev–Trinajstić information content (AvgIpc) is 2.84. The average molecular weight is 609 g/mol. The number of nitrogens with zero attached hydrogens (tertiary/aromatic N) is 2. The van der Waals surface area contributed by atoms with Crippen LogP contribution in [0.25, 0.3) is 43.4 Å². The first-order chi connectivity index (χ1) is 15.6. The summed E-state index contributed by atoms with van der Waals surface area (Å²) < 4.78 is 0. The number of hydrogen-bond acceptors (Lipinski definition) is 3. The summed E-state index contributed by atoms with van der Waals surface area (Å²) in [7, 11) is 0. The van der Waals surface area contributed by atoms with Crippen LogP contribution in [0.1, 0.15) is 6.92 Å². The summed E-state index contributed by atoms with van der Waals surface area (Å²) in [5, 5.41) is 13.6. The Morgan fingerprint density at radius 3 is 1.33 bits per heavy atom. The third kappa shape index (κ3) is 5.78. The van der Waals surface area contributed by atoms with Crippen molar-refractivity contribution in [1.29, 1.82) is 5.41 Å². The Kier molecular flexibility index (Phi) is 8.20. The van der Waals surface area contributed by atoms with E-state index in [0.717, 1.165) is 11.0 Å². The van der Waals surface area contributed by atoms with E-state index < -0.39 is 0 Å². The first-order valence-electron chi connectivity index (χ1n) is 10.4. The summed E-state index contributed by atoms with van der Waals surface area (Å²) >= 11 is 0. The van der Waals surface area contributed by atoms with Crippen molar-refractivity contribution in [1.82, 2.24) is 9.97 Å². The molecule has 6 rings (SSSR count). The van der Waals surface area contributed by atoms with Crippen LogP contribution < -0.4 is 5.73 Å². The van der Waals surface area contributed by atoms with Crippen molar-refractivity contribution >= 4 is 49.2 Å². The Balaban J connectivity index is 0.000000156. The van der Waals surface area contributed by atoms with Crippen molar-refractivity contribution < 1.29 is 20.1 Å². The monoisotopic (exact) mass is 609 g/mol. The molecule has 0 saturated heterocycles. The van der Waals surface area contributed by atoms with Crippen LogP contribution in [0.2, 0.25) is 0 Å². The molecule has 0 spiro atoms. The van der Waals surface area contributed by atoms with Gasteiger partial charge in [0, 0.05) is 33.9 Å². The number of hydrogen-bond donors (Lipinski definition) is 2. The Labute approximate surface area is 206 Å². The molecule has 5 heteroatoms. The predicted molar refractivity (Wildman–Crippen MR) is 136 cm³/mol. The van der Waals surface area contributed by atoms with Gasteiger partial charge in [0.2, 0.25) is 0 Å². The second kappa shape index (κ2) is 11.3. The minimum absolute atomic E-state index is 0. The Hall–Kier alpha value is -3.66. The van der Waals surface area contributed by atoms with Gasteiger partial charge in [0.05, 0.1) is 16.9 Å². The molecule has 0 saturated carbocycles. The van der Waals surface area contributed by atoms with Gasteiger partial charge in [0.15, 0.2) is 0 Å². The molecule has 4 nitrogen and oxygen atoms in total. The SMILES string of the molecule is CC(=N)N.[Ir+3].c1ccc2c(c1)ccc1cccnc12.c1ccc2c(c1)ccc1cccnc12. The van der Waals surface area contributed by atoms with Crippen LogP contribution >= 0.6 is 0 Å². The van der Waals surface area contributed by atoms with Crippen LogP contribution in [0.3, 0.4) is 0 Å². The third-order valence-corrected chi connectivity index (χ3v) is 4.99. The van der Waals surface area contributed by atoms with E-state index in [1.54, 1.807) is 0 Å². The summed E-state index contributed by atoms with van der Waals surface area (Å²) in [4.78, 5) is 8.82. The van der Waals surface area contributed by atoms with Crippen LogP contribution in [0.5, 0.6) is 0 Å². The molecule has 0 amide bonds.